The van der Waals surface area contributed by atoms with Crippen molar-refractivity contribution < 1.29 is 41.0 Å². The van der Waals surface area contributed by atoms with Gasteiger partial charge in [-0.25, -0.2) is 12.7 Å². The number of nitrogens with zero attached hydrogens (tertiary/aromatic N) is 1. The summed E-state index contributed by atoms with van der Waals surface area (Å²) in [4.78, 5) is 21.8. The number of esters is 1. The van der Waals surface area contributed by atoms with Crippen LogP contribution in [0.2, 0.25) is 0 Å². The lowest BCUT2D eigenvalue weighted by molar-refractivity contribution is -0.187. The second-order valence-corrected chi connectivity index (χ2v) is 6.99. The normalized spacial score (nSPS) is 23.5. The first-order chi connectivity index (χ1) is 9.99. The van der Waals surface area contributed by atoms with Gasteiger partial charge in [-0.15, -0.1) is 0 Å². The topological polar surface area (TPSA) is 101 Å². The van der Waals surface area contributed by atoms with Crippen LogP contribution in [0.5, 0.6) is 0 Å². The van der Waals surface area contributed by atoms with Gasteiger partial charge in [-0.05, 0) is 6.42 Å². The van der Waals surface area contributed by atoms with Crippen molar-refractivity contribution in [2.45, 2.75) is 19.0 Å². The van der Waals surface area contributed by atoms with Gasteiger partial charge in [0.15, 0.2) is 0 Å². The number of carboxylic acids is 1. The third-order valence-corrected chi connectivity index (χ3v) is 5.32. The molecule has 7 nitrogen and oxygen atoms in total. The molecule has 128 valence electrons. The molecule has 2 atom stereocenters. The Labute approximate surface area is 125 Å². The van der Waals surface area contributed by atoms with Crippen LogP contribution in [0.15, 0.2) is 0 Å². The van der Waals surface area contributed by atoms with Gasteiger partial charge in [-0.3, -0.25) is 9.59 Å². The van der Waals surface area contributed by atoms with Crippen molar-refractivity contribution in [3.63, 3.8) is 0 Å². The average molecular weight is 347 g/mol. The highest BCUT2D eigenvalue weighted by Gasteiger charge is 2.54. The minimum Gasteiger partial charge on any atom is -0.481 e. The van der Waals surface area contributed by atoms with Crippen LogP contribution in [0.1, 0.15) is 12.8 Å². The number of methoxy groups -OCH3 is 1. The molecule has 0 radical (unpaired) electrons. The molecule has 1 aliphatic heterocycles. The third kappa shape index (κ3) is 4.57. The van der Waals surface area contributed by atoms with Crippen LogP contribution in [0.25, 0.3) is 0 Å². The van der Waals surface area contributed by atoms with Gasteiger partial charge < -0.3 is 9.84 Å². The highest BCUT2D eigenvalue weighted by molar-refractivity contribution is 7.89. The van der Waals surface area contributed by atoms with E-state index in [0.29, 0.717) is 4.31 Å². The molecule has 1 N–H and O–H groups in total. The Morgan fingerprint density at radius 1 is 1.32 bits per heavy atom. The monoisotopic (exact) mass is 347 g/mol. The minimum absolute atomic E-state index is 0.111. The van der Waals surface area contributed by atoms with E-state index in [1.807, 2.05) is 0 Å². The van der Waals surface area contributed by atoms with Gasteiger partial charge >= 0.3 is 18.1 Å². The quantitative estimate of drug-likeness (QED) is 0.701. The van der Waals surface area contributed by atoms with Gasteiger partial charge in [0.25, 0.3) is 0 Å². The van der Waals surface area contributed by atoms with Gasteiger partial charge in [0.05, 0.1) is 24.7 Å². The molecule has 0 saturated carbocycles. The van der Waals surface area contributed by atoms with E-state index in [2.05, 4.69) is 4.74 Å². The maximum Gasteiger partial charge on any atom is 0.393 e. The van der Waals surface area contributed by atoms with Crippen molar-refractivity contribution in [3.05, 3.63) is 0 Å². The zero-order valence-corrected chi connectivity index (χ0v) is 12.5. The number of alkyl halides is 3. The fraction of sp³-hybridized carbons (Fsp3) is 0.818. The molecule has 1 rings (SSSR count). The van der Waals surface area contributed by atoms with E-state index >= 15 is 0 Å². The summed E-state index contributed by atoms with van der Waals surface area (Å²) in [6.45, 7) is -1.64. The third-order valence-electron chi connectivity index (χ3n) is 3.43. The molecule has 11 heteroatoms. The molecule has 0 aromatic rings. The zero-order chi connectivity index (χ0) is 17.1. The molecule has 0 unspecified atom stereocenters. The summed E-state index contributed by atoms with van der Waals surface area (Å²) in [6, 6.07) is 0. The summed E-state index contributed by atoms with van der Waals surface area (Å²) in [5.41, 5.74) is 0. The van der Waals surface area contributed by atoms with Gasteiger partial charge in [-0.1, -0.05) is 0 Å². The smallest absolute Gasteiger partial charge is 0.393 e. The lowest BCUT2D eigenvalue weighted by Crippen LogP contribution is -2.34. The predicted octanol–water partition coefficient (Wildman–Crippen LogP) is 0.464. The number of halogens is 3. The molecule has 1 aliphatic rings. The van der Waals surface area contributed by atoms with E-state index in [4.69, 9.17) is 5.11 Å². The number of carboxylic acid groups (broad SMARTS) is 1. The Balaban J connectivity index is 2.76. The van der Waals surface area contributed by atoms with Crippen LogP contribution >= 0.6 is 0 Å². The van der Waals surface area contributed by atoms with Gasteiger partial charge in [-0.2, -0.15) is 13.2 Å². The lowest BCUT2D eigenvalue weighted by Gasteiger charge is -2.18. The first-order valence-electron chi connectivity index (χ1n) is 6.33. The standard InChI is InChI=1S/C11H16F3NO6S/c1-21-9(16)3-2-4-22(19,20)15-5-7(10(17)18)8(6-15)11(12,13)14/h7-8H,2-6H2,1H3,(H,17,18)/t7-,8-/m1/s1. The first kappa shape index (κ1) is 18.7. The van der Waals surface area contributed by atoms with Crippen molar-refractivity contribution >= 4 is 22.0 Å². The van der Waals surface area contributed by atoms with Crippen LogP contribution in [0, 0.1) is 11.8 Å². The van der Waals surface area contributed by atoms with E-state index in [0.717, 1.165) is 7.11 Å². The molecule has 0 aromatic carbocycles. The summed E-state index contributed by atoms with van der Waals surface area (Å²) in [7, 11) is -2.93. The number of rotatable bonds is 6. The number of ether oxygens (including phenoxy) is 1. The molecular formula is C11H16F3NO6S. The van der Waals surface area contributed by atoms with Crippen LogP contribution in [-0.2, 0) is 24.3 Å². The Kier molecular flexibility index (Phi) is 5.79. The van der Waals surface area contributed by atoms with Crippen molar-refractivity contribution in [3.8, 4) is 0 Å². The number of aliphatic carboxylic acids is 1. The summed E-state index contributed by atoms with van der Waals surface area (Å²) in [6.07, 6.45) is -5.09. The summed E-state index contributed by atoms with van der Waals surface area (Å²) >= 11 is 0. The van der Waals surface area contributed by atoms with E-state index in [1.165, 1.54) is 0 Å². The molecule has 22 heavy (non-hydrogen) atoms. The van der Waals surface area contributed by atoms with E-state index in [-0.39, 0.29) is 12.8 Å². The molecule has 0 bridgehead atoms. The molecule has 0 amide bonds. The molecule has 1 heterocycles. The van der Waals surface area contributed by atoms with E-state index < -0.39 is 58.8 Å². The largest absolute Gasteiger partial charge is 0.481 e. The molecule has 0 spiro atoms. The van der Waals surface area contributed by atoms with Crippen LogP contribution in [0.3, 0.4) is 0 Å². The SMILES string of the molecule is COC(=O)CCCS(=O)(=O)N1C[C@@H](C(F)(F)F)[C@H](C(=O)O)C1. The number of hydrogen-bond acceptors (Lipinski definition) is 5. The highest BCUT2D eigenvalue weighted by atomic mass is 32.2. The van der Waals surface area contributed by atoms with Gasteiger partial charge in [0.2, 0.25) is 10.0 Å². The molecular weight excluding hydrogens is 331 g/mol. The lowest BCUT2D eigenvalue weighted by atomic mass is 9.96. The Bertz CT molecular complexity index is 532. The Morgan fingerprint density at radius 2 is 1.91 bits per heavy atom. The maximum atomic E-state index is 12.8. The predicted molar refractivity (Wildman–Crippen MR) is 67.3 cm³/mol. The van der Waals surface area contributed by atoms with E-state index in [1.54, 1.807) is 0 Å². The summed E-state index contributed by atoms with van der Waals surface area (Å²) < 4.78 is 67.1. The van der Waals surface area contributed by atoms with Crippen LogP contribution < -0.4 is 0 Å². The van der Waals surface area contributed by atoms with Crippen molar-refractivity contribution in [1.82, 2.24) is 4.31 Å². The number of carbonyl (C=O) groups excluding carboxylic acids is 1. The molecule has 0 aliphatic carbocycles. The van der Waals surface area contributed by atoms with Gasteiger partial charge in [0, 0.05) is 19.5 Å². The van der Waals surface area contributed by atoms with E-state index in [9.17, 15) is 31.2 Å². The fourth-order valence-corrected chi connectivity index (χ4v) is 3.75. The number of hydrogen-bond donors (Lipinski definition) is 1. The maximum absolute atomic E-state index is 12.8. The average Bonchev–Trinajstić information content (AvgIpc) is 2.84. The Morgan fingerprint density at radius 3 is 2.32 bits per heavy atom. The summed E-state index contributed by atoms with van der Waals surface area (Å²) in [5, 5.41) is 8.83. The van der Waals surface area contributed by atoms with Crippen molar-refractivity contribution in [1.29, 1.82) is 0 Å². The molecule has 0 aromatic heterocycles. The van der Waals surface area contributed by atoms with Crippen molar-refractivity contribution in [2.75, 3.05) is 26.0 Å². The number of carbonyl (C=O) groups is 2. The Hall–Kier alpha value is -1.36. The van der Waals surface area contributed by atoms with Gasteiger partial charge in [0.1, 0.15) is 0 Å². The fourth-order valence-electron chi connectivity index (χ4n) is 2.21. The second kappa shape index (κ2) is 6.82. The first-order valence-corrected chi connectivity index (χ1v) is 7.94. The molecule has 1 saturated heterocycles. The highest BCUT2D eigenvalue weighted by Crippen LogP contribution is 2.38. The minimum atomic E-state index is -4.79. The van der Waals surface area contributed by atoms with Crippen molar-refractivity contribution in [2.24, 2.45) is 11.8 Å². The van der Waals surface area contributed by atoms with Crippen LogP contribution in [-0.4, -0.2) is 61.9 Å². The second-order valence-electron chi connectivity index (χ2n) is 4.91. The number of sulfonamides is 1. The summed E-state index contributed by atoms with van der Waals surface area (Å²) in [5.74, 6) is -6.92. The van der Waals surface area contributed by atoms with Crippen LogP contribution in [0.4, 0.5) is 13.2 Å². The molecule has 1 fully saturated rings. The zero-order valence-electron chi connectivity index (χ0n) is 11.7.